The number of likely N-dealkylation sites (tertiary alicyclic amines) is 1. The zero-order chi connectivity index (χ0) is 18.4. The second-order valence-electron chi connectivity index (χ2n) is 8.15. The van der Waals surface area contributed by atoms with Gasteiger partial charge < -0.3 is 10.2 Å². The summed E-state index contributed by atoms with van der Waals surface area (Å²) in [5.74, 6) is 1.49. The van der Waals surface area contributed by atoms with Crippen molar-refractivity contribution in [1.82, 2.24) is 25.0 Å². The van der Waals surface area contributed by atoms with Gasteiger partial charge in [0.25, 0.3) is 5.91 Å². The predicted octanol–water partition coefficient (Wildman–Crippen LogP) is 3.01. The number of nitrogens with zero attached hydrogens (tertiary/aromatic N) is 4. The van der Waals surface area contributed by atoms with Crippen LogP contribution in [0.25, 0.3) is 5.69 Å². The molecule has 5 rings (SSSR count). The smallest absolute Gasteiger partial charge is 0.293 e. The Morgan fingerprint density at radius 2 is 1.96 bits per heavy atom. The first kappa shape index (κ1) is 17.2. The number of amides is 1. The third kappa shape index (κ3) is 3.15. The minimum atomic E-state index is -0.0523. The van der Waals surface area contributed by atoms with E-state index in [0.717, 1.165) is 63.4 Å². The maximum atomic E-state index is 13.1. The molecule has 2 aliphatic heterocycles. The van der Waals surface area contributed by atoms with Crippen molar-refractivity contribution in [2.75, 3.05) is 26.2 Å². The minimum absolute atomic E-state index is 0.0523. The van der Waals surface area contributed by atoms with Crippen molar-refractivity contribution in [2.45, 2.75) is 38.0 Å². The lowest BCUT2D eigenvalue weighted by molar-refractivity contribution is 0.0596. The van der Waals surface area contributed by atoms with Crippen molar-refractivity contribution >= 4 is 17.5 Å². The molecule has 1 aromatic heterocycles. The second-order valence-corrected chi connectivity index (χ2v) is 8.56. The van der Waals surface area contributed by atoms with Gasteiger partial charge in [-0.2, -0.15) is 0 Å². The number of piperidine rings is 1. The van der Waals surface area contributed by atoms with Crippen LogP contribution in [0.3, 0.4) is 0 Å². The van der Waals surface area contributed by atoms with E-state index < -0.39 is 0 Å². The molecule has 0 atom stereocenters. The molecule has 0 unspecified atom stereocenters. The number of carbonyl (C=O) groups excluding carboxylic acids is 1. The quantitative estimate of drug-likeness (QED) is 0.882. The van der Waals surface area contributed by atoms with Crippen LogP contribution in [0.5, 0.6) is 0 Å². The maximum absolute atomic E-state index is 13.1. The van der Waals surface area contributed by atoms with Gasteiger partial charge in [-0.05, 0) is 56.2 Å². The van der Waals surface area contributed by atoms with Crippen molar-refractivity contribution in [3.05, 3.63) is 40.9 Å². The predicted molar refractivity (Wildman–Crippen MR) is 103 cm³/mol. The highest BCUT2D eigenvalue weighted by Gasteiger charge is 2.39. The lowest BCUT2D eigenvalue weighted by Crippen LogP contribution is -2.44. The van der Waals surface area contributed by atoms with E-state index >= 15 is 0 Å². The molecule has 1 N–H and O–H groups in total. The minimum Gasteiger partial charge on any atom is -0.336 e. The molecular weight excluding hydrogens is 362 g/mol. The summed E-state index contributed by atoms with van der Waals surface area (Å²) in [5.41, 5.74) is 1.18. The maximum Gasteiger partial charge on any atom is 0.293 e. The van der Waals surface area contributed by atoms with E-state index in [-0.39, 0.29) is 5.91 Å². The summed E-state index contributed by atoms with van der Waals surface area (Å²) in [4.78, 5) is 19.6. The van der Waals surface area contributed by atoms with E-state index in [9.17, 15) is 4.79 Å². The first-order valence-electron chi connectivity index (χ1n) is 9.87. The molecule has 3 fully saturated rings. The fourth-order valence-corrected chi connectivity index (χ4v) is 4.58. The fraction of sp³-hybridized carbons (Fsp3) is 0.550. The largest absolute Gasteiger partial charge is 0.336 e. The van der Waals surface area contributed by atoms with Crippen LogP contribution in [0.1, 0.15) is 54.5 Å². The van der Waals surface area contributed by atoms with Gasteiger partial charge in [0, 0.05) is 25.6 Å². The van der Waals surface area contributed by atoms with Crippen LogP contribution in [-0.2, 0) is 0 Å². The Labute approximate surface area is 163 Å². The van der Waals surface area contributed by atoms with Gasteiger partial charge in [0.05, 0.1) is 10.7 Å². The summed E-state index contributed by atoms with van der Waals surface area (Å²) in [6.07, 6.45) is 5.53. The number of para-hydroxylation sites is 1. The summed E-state index contributed by atoms with van der Waals surface area (Å²) in [7, 11) is 0. The van der Waals surface area contributed by atoms with Crippen LogP contribution in [0, 0.1) is 5.41 Å². The van der Waals surface area contributed by atoms with Gasteiger partial charge >= 0.3 is 0 Å². The molecule has 2 aromatic rings. The summed E-state index contributed by atoms with van der Waals surface area (Å²) < 4.78 is 1.78. The highest BCUT2D eigenvalue weighted by atomic mass is 35.5. The third-order valence-corrected chi connectivity index (χ3v) is 6.61. The Hall–Kier alpha value is -1.92. The molecule has 142 valence electrons. The van der Waals surface area contributed by atoms with Gasteiger partial charge in [0.2, 0.25) is 5.82 Å². The summed E-state index contributed by atoms with van der Waals surface area (Å²) in [6.45, 7) is 3.77. The SMILES string of the molecule is O=C(c1nc(C2CC2)n(-c2ccccc2Cl)n1)N1CCC2(CCNC2)CC1. The normalized spacial score (nSPS) is 21.7. The molecular formula is C20H24ClN5O. The molecule has 0 radical (unpaired) electrons. The van der Waals surface area contributed by atoms with Crippen LogP contribution in [0.4, 0.5) is 0 Å². The number of halogens is 1. The van der Waals surface area contributed by atoms with Crippen LogP contribution in [-0.4, -0.2) is 51.8 Å². The molecule has 1 saturated carbocycles. The molecule has 1 aliphatic carbocycles. The summed E-state index contributed by atoms with van der Waals surface area (Å²) >= 11 is 6.37. The van der Waals surface area contributed by atoms with Crippen LogP contribution in [0.2, 0.25) is 5.02 Å². The summed E-state index contributed by atoms with van der Waals surface area (Å²) in [6, 6.07) is 7.60. The van der Waals surface area contributed by atoms with Gasteiger partial charge in [-0.15, -0.1) is 5.10 Å². The number of carbonyl (C=O) groups is 1. The van der Waals surface area contributed by atoms with E-state index in [0.29, 0.717) is 22.2 Å². The average Bonchev–Trinajstić information content (AvgIpc) is 3.28. The van der Waals surface area contributed by atoms with Crippen molar-refractivity contribution in [3.8, 4) is 5.69 Å². The zero-order valence-corrected chi connectivity index (χ0v) is 16.1. The number of hydrogen-bond acceptors (Lipinski definition) is 4. The van der Waals surface area contributed by atoms with Gasteiger partial charge in [-0.25, -0.2) is 9.67 Å². The summed E-state index contributed by atoms with van der Waals surface area (Å²) in [5, 5.41) is 8.67. The van der Waals surface area contributed by atoms with E-state index in [2.05, 4.69) is 15.4 Å². The van der Waals surface area contributed by atoms with Gasteiger partial charge in [-0.1, -0.05) is 23.7 Å². The van der Waals surface area contributed by atoms with Crippen molar-refractivity contribution in [2.24, 2.45) is 5.41 Å². The third-order valence-electron chi connectivity index (χ3n) is 6.29. The topological polar surface area (TPSA) is 63.1 Å². The molecule has 3 aliphatic rings. The molecule has 1 spiro atoms. The van der Waals surface area contributed by atoms with Gasteiger partial charge in [0.1, 0.15) is 5.82 Å². The zero-order valence-electron chi connectivity index (χ0n) is 15.3. The van der Waals surface area contributed by atoms with Crippen LogP contribution >= 0.6 is 11.6 Å². The van der Waals surface area contributed by atoms with Crippen molar-refractivity contribution in [3.63, 3.8) is 0 Å². The van der Waals surface area contributed by atoms with Gasteiger partial charge in [0.15, 0.2) is 0 Å². The molecule has 6 nitrogen and oxygen atoms in total. The first-order chi connectivity index (χ1) is 13.2. The Bertz CT molecular complexity index is 859. The first-order valence-corrected chi connectivity index (χ1v) is 10.2. The highest BCUT2D eigenvalue weighted by Crippen LogP contribution is 2.41. The molecule has 2 saturated heterocycles. The number of rotatable bonds is 3. The van der Waals surface area contributed by atoms with E-state index in [1.807, 2.05) is 29.2 Å². The number of benzene rings is 1. The Balaban J connectivity index is 1.40. The molecule has 1 amide bonds. The number of hydrogen-bond donors (Lipinski definition) is 1. The van der Waals surface area contributed by atoms with Crippen LogP contribution in [0.15, 0.2) is 24.3 Å². The van der Waals surface area contributed by atoms with Gasteiger partial charge in [-0.3, -0.25) is 4.79 Å². The highest BCUT2D eigenvalue weighted by molar-refractivity contribution is 6.32. The number of nitrogens with one attached hydrogen (secondary N) is 1. The molecule has 7 heteroatoms. The van der Waals surface area contributed by atoms with E-state index in [4.69, 9.17) is 11.6 Å². The Kier molecular flexibility index (Phi) is 4.20. The molecule has 0 bridgehead atoms. The fourth-order valence-electron chi connectivity index (χ4n) is 4.37. The Morgan fingerprint density at radius 1 is 1.19 bits per heavy atom. The average molecular weight is 386 g/mol. The molecule has 1 aromatic carbocycles. The monoisotopic (exact) mass is 385 g/mol. The van der Waals surface area contributed by atoms with Crippen LogP contribution < -0.4 is 5.32 Å². The van der Waals surface area contributed by atoms with Crippen molar-refractivity contribution in [1.29, 1.82) is 0 Å². The molecule has 27 heavy (non-hydrogen) atoms. The Morgan fingerprint density at radius 3 is 2.63 bits per heavy atom. The molecule has 3 heterocycles. The van der Waals surface area contributed by atoms with Crippen molar-refractivity contribution < 1.29 is 4.79 Å². The number of aromatic nitrogens is 3. The lowest BCUT2D eigenvalue weighted by atomic mass is 9.78. The van der Waals surface area contributed by atoms with E-state index in [1.165, 1.54) is 6.42 Å². The lowest BCUT2D eigenvalue weighted by Gasteiger charge is -2.38. The van der Waals surface area contributed by atoms with E-state index in [1.54, 1.807) is 4.68 Å². The standard InChI is InChI=1S/C20H24ClN5O/c21-15-3-1-2-4-16(15)26-18(14-5-6-14)23-17(24-26)19(27)25-11-8-20(9-12-25)7-10-22-13-20/h1-4,14,22H,5-13H2. The second kappa shape index (κ2) is 6.60.